The summed E-state index contributed by atoms with van der Waals surface area (Å²) < 4.78 is 35.4. The first-order chi connectivity index (χ1) is 6.28. The van der Waals surface area contributed by atoms with Gasteiger partial charge in [0, 0.05) is 0 Å². The molecule has 1 heterocycles. The Labute approximate surface area is 79.8 Å². The van der Waals surface area contributed by atoms with Crippen molar-refractivity contribution in [1.82, 2.24) is 0 Å². The van der Waals surface area contributed by atoms with Crippen molar-refractivity contribution in [3.05, 3.63) is 0 Å². The molecule has 6 heteroatoms. The number of carbonyl (C=O) groups is 1. The summed E-state index contributed by atoms with van der Waals surface area (Å²) in [6.45, 7) is 2.93. The van der Waals surface area contributed by atoms with Crippen molar-refractivity contribution in [3.63, 3.8) is 0 Å². The fraction of sp³-hybridized carbons (Fsp3) is 0.875. The van der Waals surface area contributed by atoms with Gasteiger partial charge in [-0.1, -0.05) is 0 Å². The van der Waals surface area contributed by atoms with Crippen LogP contribution in [0.4, 0.5) is 8.78 Å². The third kappa shape index (κ3) is 2.26. The molecule has 1 aliphatic heterocycles. The normalized spacial score (nSPS) is 28.8. The lowest BCUT2D eigenvalue weighted by Crippen LogP contribution is -2.45. The van der Waals surface area contributed by atoms with Gasteiger partial charge in [-0.3, -0.25) is 4.79 Å². The molecule has 0 radical (unpaired) electrons. The van der Waals surface area contributed by atoms with Crippen molar-refractivity contribution >= 4 is 6.29 Å². The predicted molar refractivity (Wildman–Crippen MR) is 41.9 cm³/mol. The van der Waals surface area contributed by atoms with E-state index < -0.39 is 30.2 Å². The molecule has 14 heavy (non-hydrogen) atoms. The molecule has 0 aromatic rings. The van der Waals surface area contributed by atoms with E-state index in [1.807, 2.05) is 0 Å². The zero-order valence-corrected chi connectivity index (χ0v) is 7.87. The highest BCUT2D eigenvalue weighted by Gasteiger charge is 2.48. The molecule has 4 nitrogen and oxygen atoms in total. The standard InChI is InChI=1S/C8H12F2O4/c1-7(2)13-3-5(14-7)6(12)8(9,10)4-11/h4-6,12H,3H2,1-2H3/t5-,6+/m1/s1. The van der Waals surface area contributed by atoms with E-state index in [2.05, 4.69) is 0 Å². The van der Waals surface area contributed by atoms with E-state index in [-0.39, 0.29) is 6.61 Å². The van der Waals surface area contributed by atoms with Gasteiger partial charge in [0.15, 0.2) is 18.2 Å². The van der Waals surface area contributed by atoms with Gasteiger partial charge in [0.1, 0.15) is 6.10 Å². The zero-order valence-electron chi connectivity index (χ0n) is 7.87. The molecule has 2 atom stereocenters. The average molecular weight is 210 g/mol. The Morgan fingerprint density at radius 1 is 1.64 bits per heavy atom. The van der Waals surface area contributed by atoms with Crippen LogP contribution >= 0.6 is 0 Å². The maximum Gasteiger partial charge on any atom is 0.330 e. The first-order valence-corrected chi connectivity index (χ1v) is 4.12. The molecule has 0 aliphatic carbocycles. The number of ether oxygens (including phenoxy) is 2. The number of rotatable bonds is 3. The second-order valence-corrected chi connectivity index (χ2v) is 3.60. The summed E-state index contributed by atoms with van der Waals surface area (Å²) in [6, 6.07) is 0. The maximum absolute atomic E-state index is 12.7. The minimum Gasteiger partial charge on any atom is -0.383 e. The molecule has 1 saturated heterocycles. The van der Waals surface area contributed by atoms with Crippen molar-refractivity contribution in [2.75, 3.05) is 6.61 Å². The van der Waals surface area contributed by atoms with E-state index in [9.17, 15) is 13.6 Å². The summed E-state index contributed by atoms with van der Waals surface area (Å²) in [5.41, 5.74) is 0. The molecule has 0 aromatic heterocycles. The van der Waals surface area contributed by atoms with Crippen LogP contribution in [0.25, 0.3) is 0 Å². The maximum atomic E-state index is 12.7. The summed E-state index contributed by atoms with van der Waals surface area (Å²) in [5.74, 6) is -4.79. The SMILES string of the molecule is CC1(C)OC[C@H]([C@H](O)C(F)(F)C=O)O1. The van der Waals surface area contributed by atoms with E-state index in [0.717, 1.165) is 0 Å². The van der Waals surface area contributed by atoms with E-state index >= 15 is 0 Å². The Morgan fingerprint density at radius 3 is 2.57 bits per heavy atom. The molecule has 0 aromatic carbocycles. The Kier molecular flexibility index (Phi) is 2.89. The van der Waals surface area contributed by atoms with Crippen LogP contribution in [0.15, 0.2) is 0 Å². The lowest BCUT2D eigenvalue weighted by Gasteiger charge is -2.23. The van der Waals surface area contributed by atoms with Gasteiger partial charge in [-0.15, -0.1) is 0 Å². The second-order valence-electron chi connectivity index (χ2n) is 3.60. The monoisotopic (exact) mass is 210 g/mol. The topological polar surface area (TPSA) is 55.8 Å². The molecule has 0 amide bonds. The molecule has 82 valence electrons. The van der Waals surface area contributed by atoms with Gasteiger partial charge in [-0.2, -0.15) is 8.78 Å². The average Bonchev–Trinajstić information content (AvgIpc) is 2.44. The number of carbonyl (C=O) groups excluding carboxylic acids is 1. The lowest BCUT2D eigenvalue weighted by molar-refractivity contribution is -0.186. The van der Waals surface area contributed by atoms with Crippen molar-refractivity contribution in [1.29, 1.82) is 0 Å². The van der Waals surface area contributed by atoms with Crippen molar-refractivity contribution < 1.29 is 28.2 Å². The quantitative estimate of drug-likeness (QED) is 0.682. The van der Waals surface area contributed by atoms with Gasteiger partial charge in [0.25, 0.3) is 0 Å². The molecular formula is C8H12F2O4. The molecule has 0 bridgehead atoms. The summed E-state index contributed by atoms with van der Waals surface area (Å²) in [4.78, 5) is 9.98. The van der Waals surface area contributed by atoms with E-state index in [4.69, 9.17) is 14.6 Å². The highest BCUT2D eigenvalue weighted by Crippen LogP contribution is 2.29. The van der Waals surface area contributed by atoms with Crippen LogP contribution in [0.5, 0.6) is 0 Å². The Bertz CT molecular complexity index is 229. The Morgan fingerprint density at radius 2 is 2.21 bits per heavy atom. The van der Waals surface area contributed by atoms with Crippen LogP contribution in [0.3, 0.4) is 0 Å². The van der Waals surface area contributed by atoms with Crippen LogP contribution < -0.4 is 0 Å². The minimum atomic E-state index is -3.80. The summed E-state index contributed by atoms with van der Waals surface area (Å²) >= 11 is 0. The van der Waals surface area contributed by atoms with Crippen LogP contribution in [0.1, 0.15) is 13.8 Å². The van der Waals surface area contributed by atoms with Crippen molar-refractivity contribution in [2.45, 2.75) is 37.8 Å². The smallest absolute Gasteiger partial charge is 0.330 e. The molecular weight excluding hydrogens is 198 g/mol. The fourth-order valence-electron chi connectivity index (χ4n) is 1.19. The summed E-state index contributed by atoms with van der Waals surface area (Å²) in [5, 5.41) is 9.12. The van der Waals surface area contributed by atoms with Gasteiger partial charge in [0.05, 0.1) is 6.61 Å². The fourth-order valence-corrected chi connectivity index (χ4v) is 1.19. The van der Waals surface area contributed by atoms with E-state index in [1.54, 1.807) is 13.8 Å². The second kappa shape index (κ2) is 3.52. The lowest BCUT2D eigenvalue weighted by atomic mass is 10.1. The first-order valence-electron chi connectivity index (χ1n) is 4.12. The summed E-state index contributed by atoms with van der Waals surface area (Å²) in [7, 11) is 0. The Balaban J connectivity index is 2.64. The number of halogens is 2. The number of aliphatic hydroxyl groups is 1. The molecule has 0 unspecified atom stereocenters. The number of alkyl halides is 2. The summed E-state index contributed by atoms with van der Waals surface area (Å²) in [6.07, 6.45) is -3.93. The predicted octanol–water partition coefficient (Wildman–Crippen LogP) is 0.333. The van der Waals surface area contributed by atoms with Crippen molar-refractivity contribution in [3.8, 4) is 0 Å². The molecule has 0 spiro atoms. The van der Waals surface area contributed by atoms with Gasteiger partial charge in [-0.25, -0.2) is 0 Å². The van der Waals surface area contributed by atoms with Gasteiger partial charge in [0.2, 0.25) is 0 Å². The number of aliphatic hydroxyl groups excluding tert-OH is 1. The molecule has 1 rings (SSSR count). The van der Waals surface area contributed by atoms with Crippen LogP contribution in [-0.4, -0.2) is 41.9 Å². The number of aldehydes is 1. The van der Waals surface area contributed by atoms with Gasteiger partial charge >= 0.3 is 5.92 Å². The van der Waals surface area contributed by atoms with Crippen molar-refractivity contribution in [2.24, 2.45) is 0 Å². The number of hydrogen-bond donors (Lipinski definition) is 1. The highest BCUT2D eigenvalue weighted by molar-refractivity contribution is 5.60. The third-order valence-corrected chi connectivity index (χ3v) is 1.93. The largest absolute Gasteiger partial charge is 0.383 e. The minimum absolute atomic E-state index is 0.155. The molecule has 1 aliphatic rings. The van der Waals surface area contributed by atoms with Crippen LogP contribution in [0.2, 0.25) is 0 Å². The molecule has 1 fully saturated rings. The van der Waals surface area contributed by atoms with Gasteiger partial charge in [-0.05, 0) is 13.8 Å². The van der Waals surface area contributed by atoms with Crippen LogP contribution in [-0.2, 0) is 14.3 Å². The van der Waals surface area contributed by atoms with Crippen LogP contribution in [0, 0.1) is 0 Å². The molecule has 1 N–H and O–H groups in total. The van der Waals surface area contributed by atoms with E-state index in [0.29, 0.717) is 0 Å². The third-order valence-electron chi connectivity index (χ3n) is 1.93. The highest BCUT2D eigenvalue weighted by atomic mass is 19.3. The first kappa shape index (κ1) is 11.5. The van der Waals surface area contributed by atoms with E-state index in [1.165, 1.54) is 0 Å². The number of hydrogen-bond acceptors (Lipinski definition) is 4. The Hall–Kier alpha value is -0.590. The zero-order chi connectivity index (χ0) is 11.0. The molecule has 0 saturated carbocycles. The van der Waals surface area contributed by atoms with Gasteiger partial charge < -0.3 is 14.6 Å².